The second kappa shape index (κ2) is 6.74. The highest BCUT2D eigenvalue weighted by Crippen LogP contribution is 1.81. The van der Waals surface area contributed by atoms with Crippen LogP contribution < -0.4 is 5.73 Å². The molecule has 1 aromatic rings. The van der Waals surface area contributed by atoms with Crippen molar-refractivity contribution in [3.63, 3.8) is 0 Å². The van der Waals surface area contributed by atoms with Crippen molar-refractivity contribution < 1.29 is 0 Å². The zero-order valence-electron chi connectivity index (χ0n) is 5.23. The lowest BCUT2D eigenvalue weighted by Crippen LogP contribution is -2.00. The predicted molar refractivity (Wildman–Crippen MR) is 44.4 cm³/mol. The molecule has 5 heteroatoms. The van der Waals surface area contributed by atoms with Crippen molar-refractivity contribution >= 4 is 24.8 Å². The summed E-state index contributed by atoms with van der Waals surface area (Å²) < 4.78 is 0. The quantitative estimate of drug-likeness (QED) is 0.698. The van der Waals surface area contributed by atoms with Crippen molar-refractivity contribution in [3.8, 4) is 0 Å². The predicted octanol–water partition coefficient (Wildman–Crippen LogP) is 0.779. The van der Waals surface area contributed by atoms with Gasteiger partial charge in [0.15, 0.2) is 0 Å². The minimum atomic E-state index is 0. The molecule has 1 heterocycles. The minimum Gasteiger partial charge on any atom is -0.324 e. The Morgan fingerprint density at radius 1 is 1.20 bits per heavy atom. The summed E-state index contributed by atoms with van der Waals surface area (Å²) in [5.74, 6) is 0.688. The van der Waals surface area contributed by atoms with E-state index in [1.54, 1.807) is 18.5 Å². The molecule has 0 fully saturated rings. The molecule has 0 unspecified atom stereocenters. The van der Waals surface area contributed by atoms with Gasteiger partial charge in [-0.05, 0) is 6.07 Å². The van der Waals surface area contributed by atoms with E-state index in [2.05, 4.69) is 9.97 Å². The number of nitrogens with zero attached hydrogens (tertiary/aromatic N) is 2. The molecule has 2 N–H and O–H groups in total. The third kappa shape index (κ3) is 3.61. The van der Waals surface area contributed by atoms with Gasteiger partial charge < -0.3 is 5.73 Å². The standard InChI is InChI=1S/C5H7N3.2ClH/c6-4-5-7-2-1-3-8-5;;/h1-3H,4,6H2;2*1H. The third-order valence-corrected chi connectivity index (χ3v) is 0.802. The van der Waals surface area contributed by atoms with Crippen molar-refractivity contribution in [2.45, 2.75) is 6.54 Å². The molecule has 0 bridgehead atoms. The summed E-state index contributed by atoms with van der Waals surface area (Å²) >= 11 is 0. The summed E-state index contributed by atoms with van der Waals surface area (Å²) in [6.45, 7) is 0.418. The van der Waals surface area contributed by atoms with Crippen LogP contribution in [0.2, 0.25) is 0 Å². The maximum Gasteiger partial charge on any atom is 0.141 e. The first-order chi connectivity index (χ1) is 3.93. The number of rotatable bonds is 1. The van der Waals surface area contributed by atoms with Gasteiger partial charge in [0.1, 0.15) is 5.82 Å². The van der Waals surface area contributed by atoms with E-state index in [1.165, 1.54) is 0 Å². The van der Waals surface area contributed by atoms with Crippen molar-refractivity contribution in [2.24, 2.45) is 5.73 Å². The molecule has 1 aromatic heterocycles. The smallest absolute Gasteiger partial charge is 0.141 e. The minimum absolute atomic E-state index is 0. The highest BCUT2D eigenvalue weighted by atomic mass is 35.5. The summed E-state index contributed by atoms with van der Waals surface area (Å²) in [7, 11) is 0. The normalized spacial score (nSPS) is 7.30. The summed E-state index contributed by atoms with van der Waals surface area (Å²) in [6.07, 6.45) is 3.35. The topological polar surface area (TPSA) is 51.8 Å². The monoisotopic (exact) mass is 181 g/mol. The van der Waals surface area contributed by atoms with Crippen molar-refractivity contribution in [2.75, 3.05) is 0 Å². The van der Waals surface area contributed by atoms with Gasteiger partial charge in [-0.3, -0.25) is 0 Å². The molecule has 3 nitrogen and oxygen atoms in total. The molecule has 0 saturated heterocycles. The molecule has 0 aromatic carbocycles. The second-order valence-electron chi connectivity index (χ2n) is 1.37. The maximum atomic E-state index is 5.22. The first kappa shape index (κ1) is 12.3. The van der Waals surface area contributed by atoms with Crippen molar-refractivity contribution in [1.29, 1.82) is 0 Å². The summed E-state index contributed by atoms with van der Waals surface area (Å²) in [5, 5.41) is 0. The summed E-state index contributed by atoms with van der Waals surface area (Å²) in [6, 6.07) is 1.76. The number of halogens is 2. The molecule has 58 valence electrons. The van der Waals surface area contributed by atoms with Crippen LogP contribution in [0.3, 0.4) is 0 Å². The zero-order valence-corrected chi connectivity index (χ0v) is 6.86. The number of aromatic nitrogens is 2. The van der Waals surface area contributed by atoms with E-state index in [1.807, 2.05) is 0 Å². The lowest BCUT2D eigenvalue weighted by atomic mass is 10.6. The van der Waals surface area contributed by atoms with Gasteiger partial charge in [-0.25, -0.2) is 9.97 Å². The Morgan fingerprint density at radius 3 is 2.00 bits per heavy atom. The van der Waals surface area contributed by atoms with Crippen LogP contribution in [0.5, 0.6) is 0 Å². The number of hydrogen-bond acceptors (Lipinski definition) is 3. The molecule has 0 atom stereocenters. The fourth-order valence-corrected chi connectivity index (χ4v) is 0.435. The molecule has 0 aliphatic rings. The fourth-order valence-electron chi connectivity index (χ4n) is 0.435. The van der Waals surface area contributed by atoms with E-state index in [-0.39, 0.29) is 24.8 Å². The summed E-state index contributed by atoms with van der Waals surface area (Å²) in [5.41, 5.74) is 5.22. The Hall–Kier alpha value is -0.380. The first-order valence-corrected chi connectivity index (χ1v) is 2.39. The van der Waals surface area contributed by atoms with E-state index < -0.39 is 0 Å². The molecule has 1 rings (SSSR count). The van der Waals surface area contributed by atoms with Crippen LogP contribution in [0.4, 0.5) is 0 Å². The van der Waals surface area contributed by atoms with Crippen LogP contribution in [0.25, 0.3) is 0 Å². The van der Waals surface area contributed by atoms with E-state index in [0.717, 1.165) is 0 Å². The Balaban J connectivity index is 0. The van der Waals surface area contributed by atoms with Crippen LogP contribution in [-0.4, -0.2) is 9.97 Å². The average Bonchev–Trinajstić information content (AvgIpc) is 1.90. The highest BCUT2D eigenvalue weighted by molar-refractivity contribution is 5.85. The molecular formula is C5H9Cl2N3. The molecular weight excluding hydrogens is 173 g/mol. The fraction of sp³-hybridized carbons (Fsp3) is 0.200. The van der Waals surface area contributed by atoms with Crippen molar-refractivity contribution in [3.05, 3.63) is 24.3 Å². The van der Waals surface area contributed by atoms with Gasteiger partial charge in [0.25, 0.3) is 0 Å². The molecule has 0 amide bonds. The first-order valence-electron chi connectivity index (χ1n) is 2.39. The van der Waals surface area contributed by atoms with Gasteiger partial charge in [-0.1, -0.05) is 0 Å². The Morgan fingerprint density at radius 2 is 1.70 bits per heavy atom. The molecule has 0 aliphatic carbocycles. The maximum absolute atomic E-state index is 5.22. The molecule has 0 saturated carbocycles. The molecule has 0 spiro atoms. The van der Waals surface area contributed by atoms with Crippen LogP contribution in [0.15, 0.2) is 18.5 Å². The van der Waals surface area contributed by atoms with E-state index >= 15 is 0 Å². The molecule has 0 radical (unpaired) electrons. The van der Waals surface area contributed by atoms with Crippen LogP contribution in [0, 0.1) is 0 Å². The largest absolute Gasteiger partial charge is 0.324 e. The SMILES string of the molecule is Cl.Cl.NCc1ncccn1. The van der Waals surface area contributed by atoms with Crippen LogP contribution >= 0.6 is 24.8 Å². The van der Waals surface area contributed by atoms with Gasteiger partial charge in [0.2, 0.25) is 0 Å². The van der Waals surface area contributed by atoms with Gasteiger partial charge in [-0.15, -0.1) is 24.8 Å². The third-order valence-electron chi connectivity index (χ3n) is 0.802. The van der Waals surface area contributed by atoms with Crippen LogP contribution in [-0.2, 0) is 6.54 Å². The second-order valence-corrected chi connectivity index (χ2v) is 1.37. The Kier molecular flexibility index (Phi) is 8.29. The summed E-state index contributed by atoms with van der Waals surface area (Å²) in [4.78, 5) is 7.72. The Bertz CT molecular complexity index is 156. The van der Waals surface area contributed by atoms with E-state index in [9.17, 15) is 0 Å². The van der Waals surface area contributed by atoms with Gasteiger partial charge in [-0.2, -0.15) is 0 Å². The van der Waals surface area contributed by atoms with Crippen LogP contribution in [0.1, 0.15) is 5.82 Å². The van der Waals surface area contributed by atoms with E-state index in [0.29, 0.717) is 12.4 Å². The van der Waals surface area contributed by atoms with E-state index in [4.69, 9.17) is 5.73 Å². The highest BCUT2D eigenvalue weighted by Gasteiger charge is 1.83. The molecule has 10 heavy (non-hydrogen) atoms. The van der Waals surface area contributed by atoms with Gasteiger partial charge in [0, 0.05) is 12.4 Å². The number of hydrogen-bond donors (Lipinski definition) is 1. The van der Waals surface area contributed by atoms with Crippen molar-refractivity contribution in [1.82, 2.24) is 9.97 Å². The lowest BCUT2D eigenvalue weighted by molar-refractivity contribution is 0.909. The van der Waals surface area contributed by atoms with Gasteiger partial charge >= 0.3 is 0 Å². The lowest BCUT2D eigenvalue weighted by Gasteiger charge is -1.88. The average molecular weight is 182 g/mol. The van der Waals surface area contributed by atoms with Gasteiger partial charge in [0.05, 0.1) is 6.54 Å². The Labute approximate surface area is 71.9 Å². The molecule has 0 aliphatic heterocycles. The zero-order chi connectivity index (χ0) is 5.82. The number of nitrogens with two attached hydrogens (primary N) is 1.